The molecule has 0 N–H and O–H groups in total. The van der Waals surface area contributed by atoms with Gasteiger partial charge in [0.1, 0.15) is 4.83 Å². The smallest absolute Gasteiger partial charge is 0.146 e. The number of fused-ring (bicyclic) bond motifs is 1. The van der Waals surface area contributed by atoms with Crippen molar-refractivity contribution in [3.8, 4) is 0 Å². The van der Waals surface area contributed by atoms with E-state index < -0.39 is 0 Å². The quantitative estimate of drug-likeness (QED) is 0.706. The molecule has 0 fully saturated rings. The maximum absolute atomic E-state index is 4.51. The number of hydrogen-bond acceptors (Lipinski definition) is 2. The van der Waals surface area contributed by atoms with E-state index in [1.165, 1.54) is 5.39 Å². The Bertz CT molecular complexity index is 404. The van der Waals surface area contributed by atoms with Crippen LogP contribution in [-0.2, 0) is 5.54 Å². The maximum atomic E-state index is 4.51. The number of aromatic nitrogens is 2. The predicted molar refractivity (Wildman–Crippen MR) is 60.3 cm³/mol. The summed E-state index contributed by atoms with van der Waals surface area (Å²) in [5.41, 5.74) is 0.0746. The molecule has 13 heavy (non-hydrogen) atoms. The Morgan fingerprint density at radius 2 is 2.15 bits per heavy atom. The van der Waals surface area contributed by atoms with E-state index in [0.717, 1.165) is 8.62 Å². The van der Waals surface area contributed by atoms with Crippen molar-refractivity contribution in [1.29, 1.82) is 0 Å². The summed E-state index contributed by atoms with van der Waals surface area (Å²) < 4.78 is 3.16. The molecule has 4 heteroatoms. The number of nitrogens with zero attached hydrogens (tertiary/aromatic N) is 2. The highest BCUT2D eigenvalue weighted by Crippen LogP contribution is 2.29. The molecule has 2 rings (SSSR count). The van der Waals surface area contributed by atoms with Gasteiger partial charge >= 0.3 is 0 Å². The normalized spacial score (nSPS) is 12.6. The molecule has 0 bridgehead atoms. The average molecular weight is 259 g/mol. The lowest BCUT2D eigenvalue weighted by Gasteiger charge is -2.18. The zero-order chi connectivity index (χ0) is 9.64. The third-order valence-corrected chi connectivity index (χ3v) is 3.40. The topological polar surface area (TPSA) is 17.8 Å². The van der Waals surface area contributed by atoms with Gasteiger partial charge in [0.2, 0.25) is 0 Å². The Labute approximate surface area is 89.7 Å². The molecule has 2 nitrogen and oxygen atoms in total. The van der Waals surface area contributed by atoms with Crippen LogP contribution < -0.4 is 0 Å². The second kappa shape index (κ2) is 2.82. The Morgan fingerprint density at radius 1 is 1.46 bits per heavy atom. The van der Waals surface area contributed by atoms with Gasteiger partial charge in [-0.25, -0.2) is 0 Å². The molecule has 0 aliphatic rings. The lowest BCUT2D eigenvalue weighted by atomic mass is 10.1. The Kier molecular flexibility index (Phi) is 2.00. The molecule has 0 amide bonds. The minimum absolute atomic E-state index is 0.0746. The molecular weight excluding hydrogens is 248 g/mol. The fourth-order valence-electron chi connectivity index (χ4n) is 1.14. The van der Waals surface area contributed by atoms with Crippen molar-refractivity contribution in [3.05, 3.63) is 16.0 Å². The highest BCUT2D eigenvalue weighted by atomic mass is 79.9. The van der Waals surface area contributed by atoms with Crippen molar-refractivity contribution in [1.82, 2.24) is 9.78 Å². The van der Waals surface area contributed by atoms with Gasteiger partial charge in [0.15, 0.2) is 0 Å². The van der Waals surface area contributed by atoms with Crippen LogP contribution in [0, 0.1) is 0 Å². The summed E-state index contributed by atoms with van der Waals surface area (Å²) in [6, 6.07) is 2.11. The summed E-state index contributed by atoms with van der Waals surface area (Å²) in [6.07, 6.45) is 2.09. The largest absolute Gasteiger partial charge is 0.265 e. The second-order valence-corrected chi connectivity index (χ2v) is 6.47. The van der Waals surface area contributed by atoms with Crippen LogP contribution in [0.3, 0.4) is 0 Å². The lowest BCUT2D eigenvalue weighted by molar-refractivity contribution is 0.358. The molecule has 0 aliphatic carbocycles. The van der Waals surface area contributed by atoms with E-state index in [1.807, 2.05) is 4.68 Å². The van der Waals surface area contributed by atoms with E-state index in [4.69, 9.17) is 0 Å². The molecule has 0 spiro atoms. The van der Waals surface area contributed by atoms with E-state index >= 15 is 0 Å². The number of halogens is 1. The molecule has 2 heterocycles. The summed E-state index contributed by atoms with van der Waals surface area (Å²) in [5.74, 6) is 0. The third-order valence-electron chi connectivity index (χ3n) is 1.86. The van der Waals surface area contributed by atoms with Crippen LogP contribution in [0.25, 0.3) is 10.2 Å². The summed E-state index contributed by atoms with van der Waals surface area (Å²) >= 11 is 5.12. The standard InChI is InChI=1S/C9H11BrN2S/c1-9(2,3)12-5-6-4-7(10)13-8(6)11-12/h4-5H,1-3H3. The first kappa shape index (κ1) is 9.21. The molecule has 0 aromatic carbocycles. The van der Waals surface area contributed by atoms with Crippen molar-refractivity contribution in [2.45, 2.75) is 26.3 Å². The molecule has 0 saturated carbocycles. The molecule has 0 saturated heterocycles. The SMILES string of the molecule is CC(C)(C)n1cc2cc(Br)sc2n1. The molecule has 70 valence electrons. The maximum Gasteiger partial charge on any atom is 0.146 e. The number of hydrogen-bond donors (Lipinski definition) is 0. The Balaban J connectivity index is 2.57. The van der Waals surface area contributed by atoms with Crippen molar-refractivity contribution >= 4 is 37.5 Å². The number of rotatable bonds is 0. The molecule has 2 aromatic rings. The van der Waals surface area contributed by atoms with E-state index in [0.29, 0.717) is 0 Å². The molecule has 0 unspecified atom stereocenters. The van der Waals surface area contributed by atoms with Gasteiger partial charge in [-0.1, -0.05) is 0 Å². The van der Waals surface area contributed by atoms with Gasteiger partial charge in [0.05, 0.1) is 9.33 Å². The van der Waals surface area contributed by atoms with Crippen molar-refractivity contribution in [3.63, 3.8) is 0 Å². The fraction of sp³-hybridized carbons (Fsp3) is 0.444. The van der Waals surface area contributed by atoms with Crippen LogP contribution in [-0.4, -0.2) is 9.78 Å². The summed E-state index contributed by atoms with van der Waals surface area (Å²) in [7, 11) is 0. The minimum Gasteiger partial charge on any atom is -0.265 e. The molecule has 0 radical (unpaired) electrons. The molecular formula is C9H11BrN2S. The van der Waals surface area contributed by atoms with E-state index in [2.05, 4.69) is 54.1 Å². The van der Waals surface area contributed by atoms with Crippen LogP contribution in [0.2, 0.25) is 0 Å². The molecule has 2 aromatic heterocycles. The summed E-state index contributed by atoms with van der Waals surface area (Å²) in [6.45, 7) is 6.45. The minimum atomic E-state index is 0.0746. The first-order valence-electron chi connectivity index (χ1n) is 4.12. The predicted octanol–water partition coefficient (Wildman–Crippen LogP) is 3.62. The fourth-order valence-corrected chi connectivity index (χ4v) is 2.57. The van der Waals surface area contributed by atoms with Crippen molar-refractivity contribution < 1.29 is 0 Å². The lowest BCUT2D eigenvalue weighted by Crippen LogP contribution is -2.21. The van der Waals surface area contributed by atoms with Gasteiger partial charge in [-0.15, -0.1) is 11.3 Å². The van der Waals surface area contributed by atoms with Crippen LogP contribution in [0.15, 0.2) is 16.0 Å². The van der Waals surface area contributed by atoms with Gasteiger partial charge in [-0.2, -0.15) is 5.10 Å². The van der Waals surface area contributed by atoms with Crippen LogP contribution in [0.4, 0.5) is 0 Å². The van der Waals surface area contributed by atoms with Crippen molar-refractivity contribution in [2.75, 3.05) is 0 Å². The highest BCUT2D eigenvalue weighted by molar-refractivity contribution is 9.11. The van der Waals surface area contributed by atoms with Crippen LogP contribution in [0.1, 0.15) is 20.8 Å². The summed E-state index contributed by atoms with van der Waals surface area (Å²) in [4.78, 5) is 1.10. The Hall–Kier alpha value is -0.350. The van der Waals surface area contributed by atoms with Gasteiger partial charge in [0, 0.05) is 11.6 Å². The highest BCUT2D eigenvalue weighted by Gasteiger charge is 2.15. The van der Waals surface area contributed by atoms with E-state index in [-0.39, 0.29) is 5.54 Å². The second-order valence-electron chi connectivity index (χ2n) is 4.06. The molecule has 0 atom stereocenters. The zero-order valence-corrected chi connectivity index (χ0v) is 10.2. The first-order valence-corrected chi connectivity index (χ1v) is 5.73. The van der Waals surface area contributed by atoms with E-state index in [9.17, 15) is 0 Å². The summed E-state index contributed by atoms with van der Waals surface area (Å²) in [5, 5.41) is 5.72. The molecule has 0 aliphatic heterocycles. The zero-order valence-electron chi connectivity index (χ0n) is 7.84. The van der Waals surface area contributed by atoms with E-state index in [1.54, 1.807) is 11.3 Å². The monoisotopic (exact) mass is 258 g/mol. The average Bonchev–Trinajstić information content (AvgIpc) is 2.40. The van der Waals surface area contributed by atoms with Gasteiger partial charge in [-0.3, -0.25) is 4.68 Å². The van der Waals surface area contributed by atoms with Gasteiger partial charge in [0.25, 0.3) is 0 Å². The van der Waals surface area contributed by atoms with Crippen LogP contribution >= 0.6 is 27.3 Å². The first-order chi connectivity index (χ1) is 5.97. The third kappa shape index (κ3) is 1.65. The van der Waals surface area contributed by atoms with Crippen molar-refractivity contribution in [2.24, 2.45) is 0 Å². The number of thiophene rings is 1. The van der Waals surface area contributed by atoms with Gasteiger partial charge < -0.3 is 0 Å². The van der Waals surface area contributed by atoms with Crippen LogP contribution in [0.5, 0.6) is 0 Å². The van der Waals surface area contributed by atoms with Gasteiger partial charge in [-0.05, 0) is 42.8 Å². The Morgan fingerprint density at radius 3 is 2.69 bits per heavy atom.